The summed E-state index contributed by atoms with van der Waals surface area (Å²) < 4.78 is 12.9. The van der Waals surface area contributed by atoms with E-state index in [1.54, 1.807) is 12.1 Å². The zero-order chi connectivity index (χ0) is 19.1. The van der Waals surface area contributed by atoms with Gasteiger partial charge in [0.2, 0.25) is 0 Å². The van der Waals surface area contributed by atoms with Gasteiger partial charge in [-0.05, 0) is 59.7 Å². The van der Waals surface area contributed by atoms with Gasteiger partial charge in [-0.1, -0.05) is 11.6 Å². The number of tetrazole rings is 1. The van der Waals surface area contributed by atoms with Gasteiger partial charge in [0, 0.05) is 16.8 Å². The number of ether oxygens (including phenoxy) is 2. The molecule has 28 heavy (non-hydrogen) atoms. The van der Waals surface area contributed by atoms with Crippen LogP contribution in [0.1, 0.15) is 29.2 Å². The van der Waals surface area contributed by atoms with Crippen molar-refractivity contribution >= 4 is 23.2 Å². The number of rotatable bonds is 4. The summed E-state index contributed by atoms with van der Waals surface area (Å²) in [5, 5.41) is 15.2. The van der Waals surface area contributed by atoms with Gasteiger partial charge in [0.25, 0.3) is 5.91 Å². The van der Waals surface area contributed by atoms with Crippen molar-refractivity contribution in [2.45, 2.75) is 18.9 Å². The zero-order valence-electron chi connectivity index (χ0n) is 14.8. The quantitative estimate of drug-likeness (QED) is 0.725. The third-order valence-corrected chi connectivity index (χ3v) is 4.93. The topological polar surface area (TPSA) is 91.2 Å². The molecule has 2 heterocycles. The number of hydrogen-bond acceptors (Lipinski definition) is 6. The van der Waals surface area contributed by atoms with E-state index in [4.69, 9.17) is 21.1 Å². The van der Waals surface area contributed by atoms with Gasteiger partial charge in [0.15, 0.2) is 17.3 Å². The minimum Gasteiger partial charge on any atom is -0.486 e. The standard InChI is InChI=1S/C19H16ClN5O3/c20-15-9-12(10-16-17(15)28-8-7-27-16)19(26)21-13-3-1-11(2-4-13)18-22-23-24-25(18)14-5-6-14/h1-4,9-10,14H,5-8H2,(H,21,26). The Balaban J connectivity index is 1.34. The second-order valence-electron chi connectivity index (χ2n) is 6.69. The van der Waals surface area contributed by atoms with Crippen LogP contribution in [0.4, 0.5) is 5.69 Å². The Kier molecular flexibility index (Phi) is 4.12. The fourth-order valence-electron chi connectivity index (χ4n) is 3.10. The summed E-state index contributed by atoms with van der Waals surface area (Å²) in [5.74, 6) is 1.40. The second kappa shape index (κ2) is 6.79. The first-order valence-corrected chi connectivity index (χ1v) is 9.35. The molecule has 0 saturated heterocycles. The molecule has 0 atom stereocenters. The van der Waals surface area contributed by atoms with Crippen LogP contribution in [0.5, 0.6) is 11.5 Å². The molecular weight excluding hydrogens is 382 g/mol. The molecule has 2 aromatic carbocycles. The van der Waals surface area contributed by atoms with E-state index in [2.05, 4.69) is 20.8 Å². The summed E-state index contributed by atoms with van der Waals surface area (Å²) in [7, 11) is 0. The van der Waals surface area contributed by atoms with Crippen LogP contribution >= 0.6 is 11.6 Å². The Labute approximate surface area is 165 Å². The van der Waals surface area contributed by atoms with E-state index >= 15 is 0 Å². The molecule has 0 radical (unpaired) electrons. The molecule has 0 unspecified atom stereocenters. The number of aromatic nitrogens is 4. The van der Waals surface area contributed by atoms with Crippen molar-refractivity contribution < 1.29 is 14.3 Å². The van der Waals surface area contributed by atoms with Crippen molar-refractivity contribution in [1.29, 1.82) is 0 Å². The predicted octanol–water partition coefficient (Wildman–Crippen LogP) is 3.35. The van der Waals surface area contributed by atoms with Crippen LogP contribution in [-0.2, 0) is 0 Å². The summed E-state index contributed by atoms with van der Waals surface area (Å²) in [5.41, 5.74) is 1.96. The Bertz CT molecular complexity index is 1050. The second-order valence-corrected chi connectivity index (χ2v) is 7.10. The van der Waals surface area contributed by atoms with Crippen molar-refractivity contribution in [2.75, 3.05) is 18.5 Å². The highest BCUT2D eigenvalue weighted by molar-refractivity contribution is 6.32. The minimum absolute atomic E-state index is 0.283. The first kappa shape index (κ1) is 17.0. The van der Waals surface area contributed by atoms with E-state index in [-0.39, 0.29) is 5.91 Å². The van der Waals surface area contributed by atoms with Crippen LogP contribution in [0.3, 0.4) is 0 Å². The van der Waals surface area contributed by atoms with Gasteiger partial charge in [-0.2, -0.15) is 0 Å². The van der Waals surface area contributed by atoms with Crippen LogP contribution in [0, 0.1) is 0 Å². The van der Waals surface area contributed by atoms with E-state index in [1.807, 2.05) is 28.9 Å². The molecule has 3 aromatic rings. The molecule has 2 aliphatic rings. The minimum atomic E-state index is -0.283. The highest BCUT2D eigenvalue weighted by atomic mass is 35.5. The monoisotopic (exact) mass is 397 g/mol. The Morgan fingerprint density at radius 3 is 2.71 bits per heavy atom. The number of nitrogens with zero attached hydrogens (tertiary/aromatic N) is 4. The van der Waals surface area contributed by atoms with E-state index in [0.29, 0.717) is 47.0 Å². The fraction of sp³-hybridized carbons (Fsp3) is 0.263. The van der Waals surface area contributed by atoms with Gasteiger partial charge < -0.3 is 14.8 Å². The molecule has 0 spiro atoms. The van der Waals surface area contributed by atoms with Gasteiger partial charge in [0.1, 0.15) is 13.2 Å². The van der Waals surface area contributed by atoms with Crippen LogP contribution in [0.2, 0.25) is 5.02 Å². The average molecular weight is 398 g/mol. The lowest BCUT2D eigenvalue weighted by Gasteiger charge is -2.20. The van der Waals surface area contributed by atoms with E-state index in [1.165, 1.54) is 0 Å². The molecule has 1 amide bonds. The number of carbonyl (C=O) groups excluding carboxylic acids is 1. The van der Waals surface area contributed by atoms with Crippen LogP contribution in [0.15, 0.2) is 36.4 Å². The van der Waals surface area contributed by atoms with Gasteiger partial charge >= 0.3 is 0 Å². The molecule has 1 aliphatic carbocycles. The SMILES string of the molecule is O=C(Nc1ccc(-c2nnnn2C2CC2)cc1)c1cc(Cl)c2c(c1)OCCO2. The number of amides is 1. The summed E-state index contributed by atoms with van der Waals surface area (Å²) >= 11 is 6.21. The fourth-order valence-corrected chi connectivity index (χ4v) is 3.36. The van der Waals surface area contributed by atoms with Crippen LogP contribution < -0.4 is 14.8 Å². The lowest BCUT2D eigenvalue weighted by atomic mass is 10.1. The van der Waals surface area contributed by atoms with Crippen LogP contribution in [-0.4, -0.2) is 39.3 Å². The average Bonchev–Trinajstić information content (AvgIpc) is 3.45. The Hall–Kier alpha value is -3.13. The zero-order valence-corrected chi connectivity index (χ0v) is 15.5. The number of anilines is 1. The lowest BCUT2D eigenvalue weighted by Crippen LogP contribution is -2.17. The Morgan fingerprint density at radius 2 is 1.93 bits per heavy atom. The third-order valence-electron chi connectivity index (χ3n) is 4.65. The van der Waals surface area contributed by atoms with Crippen molar-refractivity contribution in [1.82, 2.24) is 20.2 Å². The summed E-state index contributed by atoms with van der Waals surface area (Å²) in [6, 6.07) is 11.0. The molecule has 1 fully saturated rings. The van der Waals surface area contributed by atoms with Crippen molar-refractivity contribution in [3.05, 3.63) is 47.0 Å². The molecule has 5 rings (SSSR count). The molecular formula is C19H16ClN5O3. The lowest BCUT2D eigenvalue weighted by molar-refractivity contribution is 0.102. The maximum atomic E-state index is 12.6. The number of benzene rings is 2. The number of hydrogen-bond donors (Lipinski definition) is 1. The third kappa shape index (κ3) is 3.16. The summed E-state index contributed by atoms with van der Waals surface area (Å²) in [6.45, 7) is 0.866. The predicted molar refractivity (Wildman–Crippen MR) is 102 cm³/mol. The van der Waals surface area contributed by atoms with E-state index < -0.39 is 0 Å². The van der Waals surface area contributed by atoms with Crippen molar-refractivity contribution in [2.24, 2.45) is 0 Å². The molecule has 1 aliphatic heterocycles. The smallest absolute Gasteiger partial charge is 0.255 e. The number of carbonyl (C=O) groups is 1. The molecule has 142 valence electrons. The van der Waals surface area contributed by atoms with E-state index in [9.17, 15) is 4.79 Å². The number of fused-ring (bicyclic) bond motifs is 1. The highest BCUT2D eigenvalue weighted by Gasteiger charge is 2.28. The summed E-state index contributed by atoms with van der Waals surface area (Å²) in [4.78, 5) is 12.6. The molecule has 0 bridgehead atoms. The maximum Gasteiger partial charge on any atom is 0.255 e. The van der Waals surface area contributed by atoms with E-state index in [0.717, 1.165) is 24.2 Å². The molecule has 1 N–H and O–H groups in total. The van der Waals surface area contributed by atoms with Crippen LogP contribution in [0.25, 0.3) is 11.4 Å². The molecule has 1 saturated carbocycles. The highest BCUT2D eigenvalue weighted by Crippen LogP contribution is 2.39. The first-order chi connectivity index (χ1) is 13.7. The maximum absolute atomic E-state index is 12.6. The molecule has 8 nitrogen and oxygen atoms in total. The largest absolute Gasteiger partial charge is 0.486 e. The van der Waals surface area contributed by atoms with Gasteiger partial charge in [0.05, 0.1) is 11.1 Å². The van der Waals surface area contributed by atoms with Gasteiger partial charge in [-0.25, -0.2) is 4.68 Å². The van der Waals surface area contributed by atoms with Crippen molar-refractivity contribution in [3.8, 4) is 22.9 Å². The first-order valence-electron chi connectivity index (χ1n) is 8.98. The molecule has 9 heteroatoms. The number of halogens is 1. The number of nitrogens with one attached hydrogen (secondary N) is 1. The normalized spacial score (nSPS) is 15.3. The summed E-state index contributed by atoms with van der Waals surface area (Å²) in [6.07, 6.45) is 2.20. The van der Waals surface area contributed by atoms with Crippen molar-refractivity contribution in [3.63, 3.8) is 0 Å². The Morgan fingerprint density at radius 1 is 1.14 bits per heavy atom. The molecule has 1 aromatic heterocycles. The van der Waals surface area contributed by atoms with Gasteiger partial charge in [-0.15, -0.1) is 5.10 Å². The van der Waals surface area contributed by atoms with Gasteiger partial charge in [-0.3, -0.25) is 4.79 Å².